The van der Waals surface area contributed by atoms with Crippen molar-refractivity contribution < 1.29 is 24.5 Å². The van der Waals surface area contributed by atoms with Crippen molar-refractivity contribution in [2.75, 3.05) is 6.61 Å². The average Bonchev–Trinajstić information content (AvgIpc) is 2.38. The summed E-state index contributed by atoms with van der Waals surface area (Å²) >= 11 is 0. The summed E-state index contributed by atoms with van der Waals surface area (Å²) in [6.07, 6.45) is 1.21. The third-order valence-corrected chi connectivity index (χ3v) is 3.05. The zero-order chi connectivity index (χ0) is 13.4. The molecule has 2 heterocycles. The highest BCUT2D eigenvalue weighted by Gasteiger charge is 2.31. The number of ketones is 1. The molecule has 3 rings (SSSR count). The summed E-state index contributed by atoms with van der Waals surface area (Å²) in [6.45, 7) is -0.0733. The van der Waals surface area contributed by atoms with Gasteiger partial charge in [0.1, 0.15) is 17.6 Å². The van der Waals surface area contributed by atoms with Crippen molar-refractivity contribution in [2.24, 2.45) is 0 Å². The average molecular weight is 260 g/mol. The molecule has 19 heavy (non-hydrogen) atoms. The Morgan fingerprint density at radius 1 is 1.16 bits per heavy atom. The van der Waals surface area contributed by atoms with Gasteiger partial charge in [-0.3, -0.25) is 4.79 Å². The van der Waals surface area contributed by atoms with Gasteiger partial charge in [0.15, 0.2) is 23.9 Å². The molecule has 0 radical (unpaired) electrons. The fraction of sp³-hybridized carbons (Fsp3) is 0.214. The van der Waals surface area contributed by atoms with Gasteiger partial charge in [0, 0.05) is 6.08 Å². The maximum Gasteiger partial charge on any atom is 0.199 e. The highest BCUT2D eigenvalue weighted by molar-refractivity contribution is 5.92. The summed E-state index contributed by atoms with van der Waals surface area (Å²) in [4.78, 5) is 11.3. The highest BCUT2D eigenvalue weighted by atomic mass is 16.5. The number of carbonyl (C=O) groups excluding carboxylic acids is 1. The summed E-state index contributed by atoms with van der Waals surface area (Å²) in [5.74, 6) is 0.545. The van der Waals surface area contributed by atoms with E-state index < -0.39 is 6.10 Å². The molecule has 1 unspecified atom stereocenters. The van der Waals surface area contributed by atoms with Crippen molar-refractivity contribution >= 4 is 5.78 Å². The Kier molecular flexibility index (Phi) is 2.67. The second-order valence-electron chi connectivity index (χ2n) is 4.44. The van der Waals surface area contributed by atoms with Crippen molar-refractivity contribution in [2.45, 2.75) is 12.5 Å². The molecular formula is C14H12O5. The van der Waals surface area contributed by atoms with Crippen LogP contribution in [0.25, 0.3) is 0 Å². The Labute approximate surface area is 109 Å². The number of aliphatic hydroxyl groups is 1. The third-order valence-electron chi connectivity index (χ3n) is 3.05. The predicted molar refractivity (Wildman–Crippen MR) is 65.2 cm³/mol. The number of phenols is 1. The quantitative estimate of drug-likeness (QED) is 0.808. The van der Waals surface area contributed by atoms with Gasteiger partial charge in [-0.15, -0.1) is 0 Å². The van der Waals surface area contributed by atoms with Crippen LogP contribution in [0.5, 0.6) is 5.75 Å². The van der Waals surface area contributed by atoms with E-state index in [-0.39, 0.29) is 41.8 Å². The normalized spacial score (nSPS) is 22.2. The molecule has 1 aromatic rings. The molecular weight excluding hydrogens is 248 g/mol. The molecule has 1 aromatic carbocycles. The lowest BCUT2D eigenvalue weighted by Gasteiger charge is -2.29. The maximum atomic E-state index is 11.3. The van der Waals surface area contributed by atoms with Crippen LogP contribution in [-0.2, 0) is 14.3 Å². The van der Waals surface area contributed by atoms with Gasteiger partial charge in [0.05, 0.1) is 6.42 Å². The molecule has 98 valence electrons. The van der Waals surface area contributed by atoms with Gasteiger partial charge in [-0.2, -0.15) is 0 Å². The summed E-state index contributed by atoms with van der Waals surface area (Å²) < 4.78 is 10.8. The minimum absolute atomic E-state index is 0.0723. The molecule has 0 amide bonds. The molecule has 0 saturated heterocycles. The molecule has 0 saturated carbocycles. The smallest absolute Gasteiger partial charge is 0.199 e. The van der Waals surface area contributed by atoms with Crippen LogP contribution in [0.2, 0.25) is 0 Å². The first-order valence-electron chi connectivity index (χ1n) is 5.89. The van der Waals surface area contributed by atoms with Crippen LogP contribution in [0.3, 0.4) is 0 Å². The first-order chi connectivity index (χ1) is 9.13. The standard InChI is InChI=1S/C14H12O5/c15-9-3-1-8(2-4-9)12-6-11(17)14-13(19-12)5-10(16)7-18-14/h1-5,12,15,17H,6-7H2. The number of rotatable bonds is 1. The molecule has 2 N–H and O–H groups in total. The molecule has 2 aliphatic heterocycles. The molecule has 2 aliphatic rings. The van der Waals surface area contributed by atoms with Crippen LogP contribution in [-0.4, -0.2) is 22.6 Å². The van der Waals surface area contributed by atoms with Crippen LogP contribution in [0.15, 0.2) is 47.6 Å². The van der Waals surface area contributed by atoms with Crippen LogP contribution < -0.4 is 0 Å². The van der Waals surface area contributed by atoms with Gasteiger partial charge < -0.3 is 19.7 Å². The molecule has 0 bridgehead atoms. The van der Waals surface area contributed by atoms with E-state index in [2.05, 4.69) is 0 Å². The Morgan fingerprint density at radius 2 is 1.89 bits per heavy atom. The van der Waals surface area contributed by atoms with Crippen molar-refractivity contribution in [1.82, 2.24) is 0 Å². The fourth-order valence-electron chi connectivity index (χ4n) is 2.12. The van der Waals surface area contributed by atoms with E-state index in [0.717, 1.165) is 5.56 Å². The third kappa shape index (κ3) is 2.14. The van der Waals surface area contributed by atoms with E-state index in [0.29, 0.717) is 0 Å². The Bertz CT molecular complexity index is 582. The Morgan fingerprint density at radius 3 is 2.63 bits per heavy atom. The number of hydrogen-bond acceptors (Lipinski definition) is 5. The summed E-state index contributed by atoms with van der Waals surface area (Å²) in [5, 5.41) is 19.2. The van der Waals surface area contributed by atoms with Crippen LogP contribution >= 0.6 is 0 Å². The summed E-state index contributed by atoms with van der Waals surface area (Å²) in [5.41, 5.74) is 0.808. The number of aromatic hydroxyl groups is 1. The zero-order valence-electron chi connectivity index (χ0n) is 10.00. The van der Waals surface area contributed by atoms with E-state index in [1.807, 2.05) is 0 Å². The van der Waals surface area contributed by atoms with Crippen molar-refractivity contribution in [1.29, 1.82) is 0 Å². The number of benzene rings is 1. The molecule has 0 aromatic heterocycles. The Balaban J connectivity index is 1.92. The molecule has 0 aliphatic carbocycles. The molecule has 5 heteroatoms. The first kappa shape index (κ1) is 11.6. The number of carbonyl (C=O) groups is 1. The van der Waals surface area contributed by atoms with E-state index >= 15 is 0 Å². The summed E-state index contributed by atoms with van der Waals surface area (Å²) in [6, 6.07) is 6.52. The van der Waals surface area contributed by atoms with Crippen LogP contribution in [0.4, 0.5) is 0 Å². The highest BCUT2D eigenvalue weighted by Crippen LogP contribution is 2.38. The van der Waals surface area contributed by atoms with E-state index in [9.17, 15) is 15.0 Å². The lowest BCUT2D eigenvalue weighted by atomic mass is 10.0. The zero-order valence-corrected chi connectivity index (χ0v) is 10.00. The van der Waals surface area contributed by atoms with Gasteiger partial charge in [-0.1, -0.05) is 12.1 Å². The van der Waals surface area contributed by atoms with Crippen LogP contribution in [0, 0.1) is 0 Å². The first-order valence-corrected chi connectivity index (χ1v) is 5.89. The SMILES string of the molecule is O=C1C=C2OC(c3ccc(O)cc3)CC(O)=C2OC1. The van der Waals surface area contributed by atoms with Crippen molar-refractivity contribution in [3.63, 3.8) is 0 Å². The monoisotopic (exact) mass is 260 g/mol. The maximum absolute atomic E-state index is 11.3. The lowest BCUT2D eigenvalue weighted by molar-refractivity contribution is -0.119. The van der Waals surface area contributed by atoms with E-state index in [4.69, 9.17) is 9.47 Å². The minimum atomic E-state index is -0.398. The summed E-state index contributed by atoms with van der Waals surface area (Å²) in [7, 11) is 0. The predicted octanol–water partition coefficient (Wildman–Crippen LogP) is 2.11. The number of ether oxygens (including phenoxy) is 2. The second kappa shape index (κ2) is 4.35. The van der Waals surface area contributed by atoms with Gasteiger partial charge in [0.25, 0.3) is 0 Å². The van der Waals surface area contributed by atoms with E-state index in [1.165, 1.54) is 6.08 Å². The number of fused-ring (bicyclic) bond motifs is 1. The van der Waals surface area contributed by atoms with Gasteiger partial charge in [-0.05, 0) is 17.7 Å². The Hall–Kier alpha value is -2.43. The van der Waals surface area contributed by atoms with Gasteiger partial charge in [-0.25, -0.2) is 0 Å². The second-order valence-corrected chi connectivity index (χ2v) is 4.44. The number of phenolic OH excluding ortho intramolecular Hbond substituents is 1. The molecule has 1 atom stereocenters. The lowest BCUT2D eigenvalue weighted by Crippen LogP contribution is -2.23. The topological polar surface area (TPSA) is 76.0 Å². The van der Waals surface area contributed by atoms with E-state index in [1.54, 1.807) is 24.3 Å². The minimum Gasteiger partial charge on any atom is -0.508 e. The largest absolute Gasteiger partial charge is 0.508 e. The van der Waals surface area contributed by atoms with Crippen molar-refractivity contribution in [3.05, 3.63) is 53.2 Å². The molecule has 0 spiro atoms. The van der Waals surface area contributed by atoms with Gasteiger partial charge in [0.2, 0.25) is 0 Å². The fourth-order valence-corrected chi connectivity index (χ4v) is 2.12. The number of aliphatic hydroxyl groups excluding tert-OH is 1. The van der Waals surface area contributed by atoms with Crippen LogP contribution in [0.1, 0.15) is 18.1 Å². The molecule has 5 nitrogen and oxygen atoms in total. The number of hydrogen-bond donors (Lipinski definition) is 2. The van der Waals surface area contributed by atoms with Crippen molar-refractivity contribution in [3.8, 4) is 5.75 Å². The molecule has 0 fully saturated rings. The van der Waals surface area contributed by atoms with Gasteiger partial charge >= 0.3 is 0 Å².